The summed E-state index contributed by atoms with van der Waals surface area (Å²) in [6.45, 7) is 4.47. The van der Waals surface area contributed by atoms with Crippen LogP contribution >= 0.6 is 0 Å². The van der Waals surface area contributed by atoms with Gasteiger partial charge in [0.2, 0.25) is 0 Å². The van der Waals surface area contributed by atoms with E-state index in [1.54, 1.807) is 5.56 Å². The van der Waals surface area contributed by atoms with E-state index in [-0.39, 0.29) is 0 Å². The second-order valence-electron chi connectivity index (χ2n) is 6.91. The van der Waals surface area contributed by atoms with E-state index in [1.165, 1.54) is 91.9 Å². The predicted molar refractivity (Wildman–Crippen MR) is 92.1 cm³/mol. The van der Waals surface area contributed by atoms with Crippen molar-refractivity contribution in [2.75, 3.05) is 0 Å². The molecule has 1 heterocycles. The van der Waals surface area contributed by atoms with Crippen molar-refractivity contribution in [1.82, 2.24) is 4.98 Å². The van der Waals surface area contributed by atoms with Gasteiger partial charge in [-0.2, -0.15) is 0 Å². The highest BCUT2D eigenvalue weighted by atomic mass is 14.7. The summed E-state index contributed by atoms with van der Waals surface area (Å²) in [6.07, 6.45) is 13.7. The Morgan fingerprint density at radius 2 is 1.38 bits per heavy atom. The van der Waals surface area contributed by atoms with Gasteiger partial charge in [-0.05, 0) is 56.7 Å². The summed E-state index contributed by atoms with van der Waals surface area (Å²) < 4.78 is 0. The van der Waals surface area contributed by atoms with Gasteiger partial charge < -0.3 is 4.98 Å². The zero-order valence-electron chi connectivity index (χ0n) is 13.7. The molecule has 0 saturated carbocycles. The van der Waals surface area contributed by atoms with E-state index in [2.05, 4.69) is 31.0 Å². The third kappa shape index (κ3) is 3.33. The van der Waals surface area contributed by atoms with Gasteiger partial charge in [-0.15, -0.1) is 0 Å². The van der Waals surface area contributed by atoms with Crippen LogP contribution in [0.5, 0.6) is 0 Å². The molecule has 2 aromatic rings. The smallest absolute Gasteiger partial charge is 0.0488 e. The van der Waals surface area contributed by atoms with Gasteiger partial charge in [-0.1, -0.05) is 50.2 Å². The highest BCUT2D eigenvalue weighted by Gasteiger charge is 2.13. The highest BCUT2D eigenvalue weighted by Crippen LogP contribution is 2.29. The fraction of sp³-hybridized carbons (Fsp3) is 0.600. The standard InChI is InChI=1S/C20H29N/c1-15-13-16(2)20-18(14-15)17-11-9-7-5-3-4-6-8-10-12-19(17)21-20/h13-14,21H,3-12H2,1-2H3. The average molecular weight is 283 g/mol. The quantitative estimate of drug-likeness (QED) is 0.610. The Kier molecular flexibility index (Phi) is 4.67. The summed E-state index contributed by atoms with van der Waals surface area (Å²) in [6, 6.07) is 4.70. The molecule has 1 heteroatoms. The van der Waals surface area contributed by atoms with Crippen LogP contribution in [0.25, 0.3) is 10.9 Å². The highest BCUT2D eigenvalue weighted by molar-refractivity contribution is 5.88. The summed E-state index contributed by atoms with van der Waals surface area (Å²) in [5, 5.41) is 1.50. The Bertz CT molecular complexity index is 606. The topological polar surface area (TPSA) is 15.8 Å². The van der Waals surface area contributed by atoms with Crippen LogP contribution in [0.4, 0.5) is 0 Å². The molecule has 0 atom stereocenters. The molecule has 1 aromatic heterocycles. The van der Waals surface area contributed by atoms with E-state index in [9.17, 15) is 0 Å². The van der Waals surface area contributed by atoms with Crippen molar-refractivity contribution >= 4 is 10.9 Å². The van der Waals surface area contributed by atoms with Crippen molar-refractivity contribution in [2.24, 2.45) is 0 Å². The number of aromatic amines is 1. The van der Waals surface area contributed by atoms with Crippen molar-refractivity contribution < 1.29 is 0 Å². The minimum atomic E-state index is 1.24. The average Bonchev–Trinajstić information content (AvgIpc) is 2.77. The first kappa shape index (κ1) is 14.7. The molecule has 0 fully saturated rings. The fourth-order valence-corrected chi connectivity index (χ4v) is 3.92. The van der Waals surface area contributed by atoms with Gasteiger partial charge in [-0.3, -0.25) is 0 Å². The number of rotatable bonds is 0. The maximum Gasteiger partial charge on any atom is 0.0488 e. The Morgan fingerprint density at radius 3 is 2.10 bits per heavy atom. The molecule has 3 rings (SSSR count). The number of benzene rings is 1. The van der Waals surface area contributed by atoms with Gasteiger partial charge in [0.05, 0.1) is 0 Å². The largest absolute Gasteiger partial charge is 0.358 e. The van der Waals surface area contributed by atoms with Crippen LogP contribution in [-0.2, 0) is 12.8 Å². The van der Waals surface area contributed by atoms with E-state index in [1.807, 2.05) is 0 Å². The molecule has 114 valence electrons. The van der Waals surface area contributed by atoms with E-state index in [4.69, 9.17) is 0 Å². The molecule has 1 aliphatic carbocycles. The normalized spacial score (nSPS) is 18.0. The molecule has 0 amide bonds. The molecule has 1 nitrogen and oxygen atoms in total. The van der Waals surface area contributed by atoms with Crippen LogP contribution in [0.1, 0.15) is 73.8 Å². The minimum absolute atomic E-state index is 1.24. The molecule has 21 heavy (non-hydrogen) atoms. The van der Waals surface area contributed by atoms with E-state index in [0.29, 0.717) is 0 Å². The second kappa shape index (κ2) is 6.68. The molecule has 1 N–H and O–H groups in total. The number of hydrogen-bond donors (Lipinski definition) is 1. The molecule has 0 radical (unpaired) electrons. The summed E-state index contributed by atoms with van der Waals surface area (Å²) in [7, 11) is 0. The number of nitrogens with one attached hydrogen (secondary N) is 1. The second-order valence-corrected chi connectivity index (χ2v) is 6.91. The van der Waals surface area contributed by atoms with Crippen LogP contribution in [0.2, 0.25) is 0 Å². The maximum absolute atomic E-state index is 3.76. The lowest BCUT2D eigenvalue weighted by atomic mass is 9.97. The van der Waals surface area contributed by atoms with Crippen molar-refractivity contribution in [1.29, 1.82) is 0 Å². The van der Waals surface area contributed by atoms with Crippen LogP contribution in [0.3, 0.4) is 0 Å². The molecular weight excluding hydrogens is 254 g/mol. The lowest BCUT2D eigenvalue weighted by Crippen LogP contribution is -1.95. The van der Waals surface area contributed by atoms with Gasteiger partial charge in [0.15, 0.2) is 0 Å². The van der Waals surface area contributed by atoms with Gasteiger partial charge >= 0.3 is 0 Å². The Hall–Kier alpha value is -1.24. The molecule has 0 aliphatic heterocycles. The van der Waals surface area contributed by atoms with Crippen LogP contribution < -0.4 is 0 Å². The van der Waals surface area contributed by atoms with Crippen molar-refractivity contribution in [3.05, 3.63) is 34.5 Å². The maximum atomic E-state index is 3.76. The fourth-order valence-electron chi connectivity index (χ4n) is 3.92. The van der Waals surface area contributed by atoms with Gasteiger partial charge in [-0.25, -0.2) is 0 Å². The molecule has 0 saturated heterocycles. The monoisotopic (exact) mass is 283 g/mol. The zero-order valence-corrected chi connectivity index (χ0v) is 13.7. The first-order chi connectivity index (χ1) is 10.3. The number of H-pyrrole nitrogens is 1. The lowest BCUT2D eigenvalue weighted by Gasteiger charge is -2.08. The van der Waals surface area contributed by atoms with E-state index < -0.39 is 0 Å². The summed E-state index contributed by atoms with van der Waals surface area (Å²) in [5.74, 6) is 0. The summed E-state index contributed by atoms with van der Waals surface area (Å²) in [4.78, 5) is 3.76. The number of aromatic nitrogens is 1. The van der Waals surface area contributed by atoms with Crippen molar-refractivity contribution in [2.45, 2.75) is 78.1 Å². The van der Waals surface area contributed by atoms with Crippen LogP contribution in [0, 0.1) is 13.8 Å². The molecule has 1 aliphatic rings. The van der Waals surface area contributed by atoms with Gasteiger partial charge in [0.1, 0.15) is 0 Å². The SMILES string of the molecule is Cc1cc(C)c2[nH]c3c(c2c1)CCCCCCCCCC3. The zero-order chi connectivity index (χ0) is 14.7. The Labute approximate surface area is 129 Å². The van der Waals surface area contributed by atoms with Gasteiger partial charge in [0, 0.05) is 16.6 Å². The third-order valence-electron chi connectivity index (χ3n) is 5.05. The summed E-state index contributed by atoms with van der Waals surface area (Å²) >= 11 is 0. The molecular formula is C20H29N. The molecule has 0 bridgehead atoms. The number of fused-ring (bicyclic) bond motifs is 3. The lowest BCUT2D eigenvalue weighted by molar-refractivity contribution is 0.559. The van der Waals surface area contributed by atoms with Crippen molar-refractivity contribution in [3.63, 3.8) is 0 Å². The Balaban J connectivity index is 1.96. The van der Waals surface area contributed by atoms with Crippen LogP contribution in [0.15, 0.2) is 12.1 Å². The predicted octanol–water partition coefficient (Wildman–Crippen LogP) is 6.00. The van der Waals surface area contributed by atoms with E-state index in [0.717, 1.165) is 0 Å². The first-order valence-electron chi connectivity index (χ1n) is 8.86. The van der Waals surface area contributed by atoms with Gasteiger partial charge in [0.25, 0.3) is 0 Å². The first-order valence-corrected chi connectivity index (χ1v) is 8.86. The van der Waals surface area contributed by atoms with Crippen LogP contribution in [-0.4, -0.2) is 4.98 Å². The number of aryl methyl sites for hydroxylation is 4. The van der Waals surface area contributed by atoms with E-state index >= 15 is 0 Å². The molecule has 1 aromatic carbocycles. The minimum Gasteiger partial charge on any atom is -0.358 e. The molecule has 0 spiro atoms. The Morgan fingerprint density at radius 1 is 0.762 bits per heavy atom. The molecule has 0 unspecified atom stereocenters. The third-order valence-corrected chi connectivity index (χ3v) is 5.05. The van der Waals surface area contributed by atoms with Crippen molar-refractivity contribution in [3.8, 4) is 0 Å². The summed E-state index contributed by atoms with van der Waals surface area (Å²) in [5.41, 5.74) is 7.34. The number of hydrogen-bond acceptors (Lipinski definition) is 0.